The van der Waals surface area contributed by atoms with E-state index < -0.39 is 0 Å². The van der Waals surface area contributed by atoms with Crippen LogP contribution in [0.2, 0.25) is 0 Å². The van der Waals surface area contributed by atoms with Crippen LogP contribution in [0.5, 0.6) is 5.75 Å². The van der Waals surface area contributed by atoms with Gasteiger partial charge in [-0.2, -0.15) is 0 Å². The van der Waals surface area contributed by atoms with E-state index in [0.717, 1.165) is 25.2 Å². The summed E-state index contributed by atoms with van der Waals surface area (Å²) in [6, 6.07) is 7.82. The van der Waals surface area contributed by atoms with Gasteiger partial charge in [-0.1, -0.05) is 18.2 Å². The van der Waals surface area contributed by atoms with Crippen LogP contribution in [0.3, 0.4) is 0 Å². The number of nitrogens with zero attached hydrogens (tertiary/aromatic N) is 1. The predicted octanol–water partition coefficient (Wildman–Crippen LogP) is 1.56. The Labute approximate surface area is 96.9 Å². The van der Waals surface area contributed by atoms with E-state index in [-0.39, 0.29) is 6.04 Å². The largest absolute Gasteiger partial charge is 0.508 e. The molecule has 1 aliphatic heterocycles. The van der Waals surface area contributed by atoms with Gasteiger partial charge >= 0.3 is 0 Å². The second-order valence-corrected chi connectivity index (χ2v) is 4.77. The van der Waals surface area contributed by atoms with E-state index >= 15 is 0 Å². The fourth-order valence-corrected chi connectivity index (χ4v) is 2.32. The molecule has 0 bridgehead atoms. The predicted molar refractivity (Wildman–Crippen MR) is 65.1 cm³/mol. The molecule has 1 fully saturated rings. The summed E-state index contributed by atoms with van der Waals surface area (Å²) in [7, 11) is 0. The zero-order chi connectivity index (χ0) is 11.5. The number of aromatic hydroxyl groups is 1. The van der Waals surface area contributed by atoms with E-state index in [4.69, 9.17) is 5.73 Å². The van der Waals surface area contributed by atoms with E-state index in [1.165, 1.54) is 6.42 Å². The fourth-order valence-electron chi connectivity index (χ4n) is 2.32. The Bertz CT molecular complexity index is 352. The molecule has 0 aliphatic carbocycles. The highest BCUT2D eigenvalue weighted by molar-refractivity contribution is 5.31. The van der Waals surface area contributed by atoms with Gasteiger partial charge in [0.1, 0.15) is 5.75 Å². The van der Waals surface area contributed by atoms with Gasteiger partial charge in [-0.15, -0.1) is 0 Å². The molecular weight excluding hydrogens is 200 g/mol. The summed E-state index contributed by atoms with van der Waals surface area (Å²) in [5, 5.41) is 9.69. The number of rotatable bonds is 3. The average molecular weight is 220 g/mol. The molecule has 0 saturated carbocycles. The van der Waals surface area contributed by atoms with Gasteiger partial charge in [-0.3, -0.25) is 4.90 Å². The Balaban J connectivity index is 1.95. The van der Waals surface area contributed by atoms with Crippen molar-refractivity contribution in [3.63, 3.8) is 0 Å². The zero-order valence-corrected chi connectivity index (χ0v) is 9.76. The number of benzene rings is 1. The van der Waals surface area contributed by atoms with Crippen LogP contribution < -0.4 is 5.73 Å². The molecule has 16 heavy (non-hydrogen) atoms. The minimum Gasteiger partial charge on any atom is -0.508 e. The number of hydrogen-bond donors (Lipinski definition) is 2. The molecule has 0 radical (unpaired) electrons. The van der Waals surface area contributed by atoms with Crippen LogP contribution in [0.15, 0.2) is 24.3 Å². The quantitative estimate of drug-likeness (QED) is 0.812. The van der Waals surface area contributed by atoms with Crippen LogP contribution in [-0.4, -0.2) is 29.1 Å². The number of nitrogens with two attached hydrogens (primary N) is 1. The van der Waals surface area contributed by atoms with Gasteiger partial charge in [0.05, 0.1) is 0 Å². The molecule has 3 N–H and O–H groups in total. The second-order valence-electron chi connectivity index (χ2n) is 4.77. The van der Waals surface area contributed by atoms with Crippen LogP contribution in [0.25, 0.3) is 0 Å². The maximum atomic E-state index is 9.69. The summed E-state index contributed by atoms with van der Waals surface area (Å²) < 4.78 is 0. The number of phenolic OH excluding ortho intramolecular Hbond substituents is 1. The van der Waals surface area contributed by atoms with Crippen molar-refractivity contribution in [3.05, 3.63) is 29.8 Å². The van der Waals surface area contributed by atoms with E-state index in [1.54, 1.807) is 6.07 Å². The highest BCUT2D eigenvalue weighted by Gasteiger charge is 2.25. The van der Waals surface area contributed by atoms with Crippen LogP contribution in [-0.2, 0) is 6.54 Å². The molecule has 1 heterocycles. The van der Waals surface area contributed by atoms with Crippen molar-refractivity contribution in [1.29, 1.82) is 0 Å². The lowest BCUT2D eigenvalue weighted by Gasteiger charge is -2.18. The molecule has 3 heteroatoms. The molecule has 1 aromatic carbocycles. The monoisotopic (exact) mass is 220 g/mol. The van der Waals surface area contributed by atoms with Crippen molar-refractivity contribution in [3.8, 4) is 5.75 Å². The average Bonchev–Trinajstić information content (AvgIpc) is 2.70. The molecule has 0 amide bonds. The first-order valence-corrected chi connectivity index (χ1v) is 5.91. The van der Waals surface area contributed by atoms with Crippen molar-refractivity contribution >= 4 is 0 Å². The van der Waals surface area contributed by atoms with Crippen molar-refractivity contribution in [2.75, 3.05) is 13.1 Å². The normalized spacial score (nSPS) is 23.5. The van der Waals surface area contributed by atoms with Crippen LogP contribution in [0.4, 0.5) is 0 Å². The molecule has 0 spiro atoms. The third-order valence-electron chi connectivity index (χ3n) is 3.44. The molecular formula is C13H20N2O. The lowest BCUT2D eigenvalue weighted by atomic mass is 10.0. The zero-order valence-electron chi connectivity index (χ0n) is 9.76. The van der Waals surface area contributed by atoms with Crippen molar-refractivity contribution < 1.29 is 5.11 Å². The van der Waals surface area contributed by atoms with Gasteiger partial charge in [0, 0.05) is 24.7 Å². The minimum absolute atomic E-state index is 0.273. The molecule has 88 valence electrons. The lowest BCUT2D eigenvalue weighted by molar-refractivity contribution is 0.303. The smallest absolute Gasteiger partial charge is 0.120 e. The Morgan fingerprint density at radius 2 is 2.25 bits per heavy atom. The molecule has 1 saturated heterocycles. The van der Waals surface area contributed by atoms with Gasteiger partial charge < -0.3 is 10.8 Å². The maximum Gasteiger partial charge on any atom is 0.120 e. The minimum atomic E-state index is 0.273. The first kappa shape index (κ1) is 11.4. The van der Waals surface area contributed by atoms with Crippen molar-refractivity contribution in [2.24, 2.45) is 11.7 Å². The number of para-hydroxylation sites is 1. The summed E-state index contributed by atoms with van der Waals surface area (Å²) in [5.41, 5.74) is 6.91. The topological polar surface area (TPSA) is 49.5 Å². The van der Waals surface area contributed by atoms with Crippen LogP contribution in [0, 0.1) is 5.92 Å². The van der Waals surface area contributed by atoms with E-state index in [2.05, 4.69) is 11.8 Å². The third-order valence-corrected chi connectivity index (χ3v) is 3.44. The fraction of sp³-hybridized carbons (Fsp3) is 0.538. The first-order valence-electron chi connectivity index (χ1n) is 5.91. The van der Waals surface area contributed by atoms with Gasteiger partial charge in [-0.25, -0.2) is 0 Å². The van der Waals surface area contributed by atoms with E-state index in [9.17, 15) is 5.11 Å². The summed E-state index contributed by atoms with van der Waals surface area (Å²) in [6.07, 6.45) is 1.17. The molecule has 1 aromatic rings. The molecule has 1 aliphatic rings. The molecule has 2 unspecified atom stereocenters. The highest BCUT2D eigenvalue weighted by Crippen LogP contribution is 2.23. The first-order chi connectivity index (χ1) is 7.66. The Morgan fingerprint density at radius 3 is 2.88 bits per heavy atom. The Hall–Kier alpha value is -1.06. The van der Waals surface area contributed by atoms with Crippen LogP contribution >= 0.6 is 0 Å². The van der Waals surface area contributed by atoms with Gasteiger partial charge in [0.2, 0.25) is 0 Å². The highest BCUT2D eigenvalue weighted by atomic mass is 16.3. The maximum absolute atomic E-state index is 9.69. The van der Waals surface area contributed by atoms with E-state index in [1.807, 2.05) is 18.2 Å². The summed E-state index contributed by atoms with van der Waals surface area (Å²) in [6.45, 7) is 5.04. The molecule has 0 aromatic heterocycles. The third kappa shape index (κ3) is 2.54. The summed E-state index contributed by atoms with van der Waals surface area (Å²) in [4.78, 5) is 2.36. The van der Waals surface area contributed by atoms with E-state index in [0.29, 0.717) is 11.7 Å². The molecule has 2 rings (SSSR count). The SMILES string of the molecule is CC(N)C1CCN(Cc2ccccc2O)C1. The van der Waals surface area contributed by atoms with Gasteiger partial charge in [0.25, 0.3) is 0 Å². The Kier molecular flexibility index (Phi) is 3.46. The van der Waals surface area contributed by atoms with Crippen molar-refractivity contribution in [1.82, 2.24) is 4.90 Å². The van der Waals surface area contributed by atoms with Crippen molar-refractivity contribution in [2.45, 2.75) is 25.9 Å². The van der Waals surface area contributed by atoms with Gasteiger partial charge in [0.15, 0.2) is 0 Å². The number of hydrogen-bond acceptors (Lipinski definition) is 3. The second kappa shape index (κ2) is 4.85. The summed E-state index contributed by atoms with van der Waals surface area (Å²) in [5.74, 6) is 0.998. The van der Waals surface area contributed by atoms with Gasteiger partial charge in [-0.05, 0) is 31.9 Å². The molecule has 3 nitrogen and oxygen atoms in total. The lowest BCUT2D eigenvalue weighted by Crippen LogP contribution is -2.29. The number of likely N-dealkylation sites (tertiary alicyclic amines) is 1. The standard InChI is InChI=1S/C13H20N2O/c1-10(14)11-6-7-15(8-11)9-12-4-2-3-5-13(12)16/h2-5,10-11,16H,6-9,14H2,1H3. The van der Waals surface area contributed by atoms with Crippen LogP contribution in [0.1, 0.15) is 18.9 Å². The Morgan fingerprint density at radius 1 is 1.50 bits per heavy atom. The summed E-state index contributed by atoms with van der Waals surface area (Å²) >= 11 is 0. The number of phenols is 1. The molecule has 2 atom stereocenters.